The highest BCUT2D eigenvalue weighted by Gasteiger charge is 2.18. The molecule has 0 N–H and O–H groups in total. The lowest BCUT2D eigenvalue weighted by Gasteiger charge is -2.15. The molecule has 0 aliphatic heterocycles. The van der Waals surface area contributed by atoms with Gasteiger partial charge >= 0.3 is 5.27 Å². The van der Waals surface area contributed by atoms with E-state index in [2.05, 4.69) is 45.4 Å². The smallest absolute Gasteiger partial charge is 0.194 e. The second-order valence-electron chi connectivity index (χ2n) is 3.62. The molecular formula is C11H17BS2. The zero-order valence-electron chi connectivity index (χ0n) is 9.55. The minimum Gasteiger partial charge on any atom is -0.194 e. The average molecular weight is 224 g/mol. The molecule has 0 saturated carbocycles. The molecule has 1 rings (SSSR count). The van der Waals surface area contributed by atoms with E-state index in [1.54, 1.807) is 0 Å². The van der Waals surface area contributed by atoms with Gasteiger partial charge in [-0.1, -0.05) is 34.3 Å². The summed E-state index contributed by atoms with van der Waals surface area (Å²) in [5.74, 6) is 0. The summed E-state index contributed by atoms with van der Waals surface area (Å²) in [6.45, 7) is 6.60. The molecule has 0 saturated heterocycles. The van der Waals surface area contributed by atoms with Crippen LogP contribution in [-0.2, 0) is 0 Å². The predicted molar refractivity (Wildman–Crippen MR) is 73.1 cm³/mol. The van der Waals surface area contributed by atoms with Crippen molar-refractivity contribution in [3.63, 3.8) is 0 Å². The molecule has 3 heteroatoms. The number of hydrogen-bond acceptors (Lipinski definition) is 2. The summed E-state index contributed by atoms with van der Waals surface area (Å²) in [5, 5.41) is 0.579. The Hall–Kier alpha value is -0.0151. The van der Waals surface area contributed by atoms with E-state index in [4.69, 9.17) is 0 Å². The summed E-state index contributed by atoms with van der Waals surface area (Å²) in [6, 6.07) is 4.56. The second kappa shape index (κ2) is 5.17. The van der Waals surface area contributed by atoms with Crippen LogP contribution < -0.4 is 5.46 Å². The molecule has 0 fully saturated rings. The van der Waals surface area contributed by atoms with E-state index < -0.39 is 0 Å². The third kappa shape index (κ3) is 2.51. The normalized spacial score (nSPS) is 10.4. The fraction of sp³-hybridized carbons (Fsp3) is 0.455. The molecule has 0 nitrogen and oxygen atoms in total. The Kier molecular flexibility index (Phi) is 4.46. The quantitative estimate of drug-likeness (QED) is 0.724. The van der Waals surface area contributed by atoms with E-state index in [0.29, 0.717) is 5.27 Å². The van der Waals surface area contributed by atoms with Crippen molar-refractivity contribution in [2.24, 2.45) is 0 Å². The highest BCUT2D eigenvalue weighted by molar-refractivity contribution is 8.55. The average Bonchev–Trinajstić information content (AvgIpc) is 2.10. The zero-order chi connectivity index (χ0) is 10.7. The van der Waals surface area contributed by atoms with Crippen LogP contribution in [0.2, 0.25) is 0 Å². The minimum absolute atomic E-state index is 0.579. The maximum Gasteiger partial charge on any atom is 0.307 e. The molecule has 0 amide bonds. The van der Waals surface area contributed by atoms with E-state index in [1.165, 1.54) is 22.2 Å². The number of hydrogen-bond donors (Lipinski definition) is 0. The van der Waals surface area contributed by atoms with Crippen molar-refractivity contribution in [1.82, 2.24) is 0 Å². The lowest BCUT2D eigenvalue weighted by atomic mass is 9.83. The summed E-state index contributed by atoms with van der Waals surface area (Å²) in [4.78, 5) is 0. The van der Waals surface area contributed by atoms with E-state index in [1.807, 2.05) is 23.2 Å². The van der Waals surface area contributed by atoms with Gasteiger partial charge in [0.1, 0.15) is 0 Å². The van der Waals surface area contributed by atoms with Crippen molar-refractivity contribution in [2.75, 3.05) is 12.5 Å². The Morgan fingerprint density at radius 1 is 0.929 bits per heavy atom. The number of benzene rings is 1. The summed E-state index contributed by atoms with van der Waals surface area (Å²) in [6.07, 6.45) is 4.36. The molecule has 14 heavy (non-hydrogen) atoms. The van der Waals surface area contributed by atoms with Gasteiger partial charge in [0.05, 0.1) is 0 Å². The Morgan fingerprint density at radius 2 is 1.36 bits per heavy atom. The van der Waals surface area contributed by atoms with Gasteiger partial charge in [-0.2, -0.15) is 23.2 Å². The molecule has 76 valence electrons. The van der Waals surface area contributed by atoms with Gasteiger partial charge in [0, 0.05) is 0 Å². The van der Waals surface area contributed by atoms with Crippen molar-refractivity contribution in [2.45, 2.75) is 20.8 Å². The van der Waals surface area contributed by atoms with Crippen LogP contribution >= 0.6 is 23.2 Å². The number of aryl methyl sites for hydroxylation is 3. The van der Waals surface area contributed by atoms with Crippen molar-refractivity contribution in [3.8, 4) is 0 Å². The predicted octanol–water partition coefficient (Wildman–Crippen LogP) is 3.03. The first-order valence-electron chi connectivity index (χ1n) is 4.73. The van der Waals surface area contributed by atoms with Gasteiger partial charge in [0.2, 0.25) is 0 Å². The van der Waals surface area contributed by atoms with Gasteiger partial charge in [-0.25, -0.2) is 0 Å². The van der Waals surface area contributed by atoms with Crippen LogP contribution in [0, 0.1) is 20.8 Å². The fourth-order valence-corrected chi connectivity index (χ4v) is 3.88. The van der Waals surface area contributed by atoms with Crippen LogP contribution in [0.15, 0.2) is 12.1 Å². The first kappa shape index (κ1) is 12.1. The lowest BCUT2D eigenvalue weighted by Crippen LogP contribution is -2.28. The fourth-order valence-electron chi connectivity index (χ4n) is 1.89. The van der Waals surface area contributed by atoms with E-state index >= 15 is 0 Å². The first-order chi connectivity index (χ1) is 6.60. The Labute approximate surface area is 96.1 Å². The lowest BCUT2D eigenvalue weighted by molar-refractivity contribution is 1.35. The van der Waals surface area contributed by atoms with Crippen LogP contribution in [-0.4, -0.2) is 17.8 Å². The summed E-state index contributed by atoms with van der Waals surface area (Å²) in [7, 11) is 0. The van der Waals surface area contributed by atoms with Crippen LogP contribution in [0.1, 0.15) is 16.7 Å². The van der Waals surface area contributed by atoms with Crippen molar-refractivity contribution >= 4 is 34.0 Å². The van der Waals surface area contributed by atoms with Crippen LogP contribution in [0.4, 0.5) is 0 Å². The van der Waals surface area contributed by atoms with Crippen molar-refractivity contribution in [1.29, 1.82) is 0 Å². The molecule has 0 heterocycles. The maximum absolute atomic E-state index is 2.28. The molecule has 0 bridgehead atoms. The maximum atomic E-state index is 2.28. The van der Waals surface area contributed by atoms with E-state index in [9.17, 15) is 0 Å². The molecule has 0 aromatic heterocycles. The van der Waals surface area contributed by atoms with Crippen LogP contribution in [0.25, 0.3) is 0 Å². The zero-order valence-corrected chi connectivity index (χ0v) is 11.2. The standard InChI is InChI=1S/C11H17BS2/c1-8-6-9(2)11(10(3)7-8)12(13-4)14-5/h6-7H,1-5H3. The topological polar surface area (TPSA) is 0 Å². The summed E-state index contributed by atoms with van der Waals surface area (Å²) < 4.78 is 0. The molecule has 0 unspecified atom stereocenters. The molecule has 0 aliphatic rings. The Morgan fingerprint density at radius 3 is 1.71 bits per heavy atom. The first-order valence-corrected chi connectivity index (χ1v) is 7.31. The second-order valence-corrected chi connectivity index (χ2v) is 5.80. The van der Waals surface area contributed by atoms with Gasteiger partial charge in [-0.3, -0.25) is 0 Å². The van der Waals surface area contributed by atoms with Crippen molar-refractivity contribution in [3.05, 3.63) is 28.8 Å². The summed E-state index contributed by atoms with van der Waals surface area (Å²) >= 11 is 3.84. The highest BCUT2D eigenvalue weighted by Crippen LogP contribution is 2.18. The minimum atomic E-state index is 0.579. The van der Waals surface area contributed by atoms with E-state index in [0.717, 1.165) is 0 Å². The van der Waals surface area contributed by atoms with Crippen LogP contribution in [0.3, 0.4) is 0 Å². The Balaban J connectivity index is 3.19. The molecule has 0 radical (unpaired) electrons. The Bertz CT molecular complexity index is 296. The molecule has 0 aliphatic carbocycles. The van der Waals surface area contributed by atoms with Crippen LogP contribution in [0.5, 0.6) is 0 Å². The molecule has 0 atom stereocenters. The largest absolute Gasteiger partial charge is 0.307 e. The van der Waals surface area contributed by atoms with Crippen molar-refractivity contribution < 1.29 is 0 Å². The van der Waals surface area contributed by atoms with Gasteiger partial charge in [-0.05, 0) is 33.3 Å². The molecule has 0 spiro atoms. The van der Waals surface area contributed by atoms with E-state index in [-0.39, 0.29) is 0 Å². The third-order valence-electron chi connectivity index (χ3n) is 2.40. The monoisotopic (exact) mass is 224 g/mol. The molecular weight excluding hydrogens is 207 g/mol. The molecule has 1 aromatic rings. The van der Waals surface area contributed by atoms with Gasteiger partial charge in [0.25, 0.3) is 0 Å². The van der Waals surface area contributed by atoms with Gasteiger partial charge < -0.3 is 0 Å². The summed E-state index contributed by atoms with van der Waals surface area (Å²) in [5.41, 5.74) is 5.73. The SMILES string of the molecule is CSB(SC)c1c(C)cc(C)cc1C. The highest BCUT2D eigenvalue weighted by atomic mass is 32.2. The third-order valence-corrected chi connectivity index (χ3v) is 4.88. The molecule has 1 aromatic carbocycles. The number of rotatable bonds is 3. The van der Waals surface area contributed by atoms with Gasteiger partial charge in [0.15, 0.2) is 0 Å². The van der Waals surface area contributed by atoms with Gasteiger partial charge in [-0.15, -0.1) is 0 Å².